The van der Waals surface area contributed by atoms with E-state index < -0.39 is 26.7 Å². The molecule has 1 aromatic rings. The first kappa shape index (κ1) is 14.1. The Hall–Kier alpha value is -2.00. The van der Waals surface area contributed by atoms with Gasteiger partial charge >= 0.3 is 5.97 Å². The van der Waals surface area contributed by atoms with Crippen LogP contribution in [0.1, 0.15) is 15.9 Å². The van der Waals surface area contributed by atoms with E-state index >= 15 is 0 Å². The zero-order valence-corrected chi connectivity index (χ0v) is 10.1. The number of hydrogen-bond donors (Lipinski definition) is 1. The largest absolute Gasteiger partial charge is 0.465 e. The first-order valence-corrected chi connectivity index (χ1v) is 6.32. The Bertz CT molecular complexity index is 595. The van der Waals surface area contributed by atoms with Gasteiger partial charge in [-0.05, 0) is 5.56 Å². The fourth-order valence-electron chi connectivity index (χ4n) is 1.32. The van der Waals surface area contributed by atoms with Gasteiger partial charge < -0.3 is 4.74 Å². The van der Waals surface area contributed by atoms with E-state index in [1.54, 1.807) is 0 Å². The van der Waals surface area contributed by atoms with Crippen molar-refractivity contribution < 1.29 is 22.9 Å². The highest BCUT2D eigenvalue weighted by atomic mass is 32.2. The van der Waals surface area contributed by atoms with Crippen LogP contribution >= 0.6 is 0 Å². The van der Waals surface area contributed by atoms with E-state index in [0.717, 1.165) is 25.3 Å². The summed E-state index contributed by atoms with van der Waals surface area (Å²) in [4.78, 5) is 21.3. The number of rotatable bonds is 4. The molecular weight excluding hydrogens is 264 g/mol. The Morgan fingerprint density at radius 3 is 2.56 bits per heavy atom. The number of carbonyl (C=O) groups is 1. The number of nitro groups is 1. The zero-order valence-electron chi connectivity index (χ0n) is 9.32. The van der Waals surface area contributed by atoms with Gasteiger partial charge in [0, 0.05) is 12.1 Å². The van der Waals surface area contributed by atoms with Crippen LogP contribution in [0.3, 0.4) is 0 Å². The van der Waals surface area contributed by atoms with E-state index in [0.29, 0.717) is 0 Å². The molecule has 18 heavy (non-hydrogen) atoms. The molecule has 0 unspecified atom stereocenters. The maximum atomic E-state index is 11.4. The molecule has 8 nitrogen and oxygen atoms in total. The molecular formula is C9H10N2O6S. The lowest BCUT2D eigenvalue weighted by Crippen LogP contribution is -2.17. The quantitative estimate of drug-likeness (QED) is 0.473. The second-order valence-corrected chi connectivity index (χ2v) is 5.01. The molecule has 0 radical (unpaired) electrons. The number of nitro benzene ring substituents is 1. The number of nitrogens with zero attached hydrogens (tertiary/aromatic N) is 1. The van der Waals surface area contributed by atoms with Gasteiger partial charge in [-0.25, -0.2) is 18.4 Å². The number of methoxy groups -OCH3 is 1. The first-order valence-electron chi connectivity index (χ1n) is 4.60. The minimum absolute atomic E-state index is 0.0509. The Kier molecular flexibility index (Phi) is 3.99. The fraction of sp³-hybridized carbons (Fsp3) is 0.222. The molecule has 1 aromatic carbocycles. The molecule has 0 spiro atoms. The average molecular weight is 274 g/mol. The molecule has 1 rings (SSSR count). The summed E-state index contributed by atoms with van der Waals surface area (Å²) < 4.78 is 26.4. The Morgan fingerprint density at radius 2 is 2.11 bits per heavy atom. The van der Waals surface area contributed by atoms with E-state index in [1.807, 2.05) is 0 Å². The van der Waals surface area contributed by atoms with Crippen LogP contribution in [-0.4, -0.2) is 26.4 Å². The molecule has 0 aliphatic heterocycles. The summed E-state index contributed by atoms with van der Waals surface area (Å²) >= 11 is 0. The predicted molar refractivity (Wildman–Crippen MR) is 61.2 cm³/mol. The predicted octanol–water partition coefficient (Wildman–Crippen LogP) is 0.170. The molecule has 2 N–H and O–H groups in total. The first-order chi connectivity index (χ1) is 8.24. The lowest BCUT2D eigenvalue weighted by Gasteiger charge is -2.06. The monoisotopic (exact) mass is 274 g/mol. The van der Waals surface area contributed by atoms with Gasteiger partial charge in [-0.2, -0.15) is 0 Å². The van der Waals surface area contributed by atoms with Crippen LogP contribution in [0.2, 0.25) is 0 Å². The van der Waals surface area contributed by atoms with Crippen LogP contribution in [0, 0.1) is 10.1 Å². The van der Waals surface area contributed by atoms with Gasteiger partial charge in [-0.1, -0.05) is 6.07 Å². The van der Waals surface area contributed by atoms with Crippen molar-refractivity contribution in [3.8, 4) is 0 Å². The maximum Gasteiger partial charge on any atom is 0.338 e. The van der Waals surface area contributed by atoms with E-state index in [2.05, 4.69) is 4.74 Å². The average Bonchev–Trinajstić information content (AvgIpc) is 2.26. The van der Waals surface area contributed by atoms with Crippen molar-refractivity contribution >= 4 is 21.7 Å². The number of primary sulfonamides is 1. The third-order valence-corrected chi connectivity index (χ3v) is 2.78. The van der Waals surface area contributed by atoms with Crippen LogP contribution in [-0.2, 0) is 20.5 Å². The Morgan fingerprint density at radius 1 is 1.50 bits per heavy atom. The SMILES string of the molecule is COC(=O)c1cc([N+](=O)[O-])ccc1CS(N)(=O)=O. The van der Waals surface area contributed by atoms with Crippen molar-refractivity contribution in [1.29, 1.82) is 0 Å². The fourth-order valence-corrected chi connectivity index (χ4v) is 2.01. The van der Waals surface area contributed by atoms with Gasteiger partial charge in [-0.15, -0.1) is 0 Å². The number of nitrogens with two attached hydrogens (primary N) is 1. The highest BCUT2D eigenvalue weighted by Crippen LogP contribution is 2.20. The summed E-state index contributed by atoms with van der Waals surface area (Å²) in [5.41, 5.74) is -0.482. The Balaban J connectivity index is 3.34. The third-order valence-electron chi connectivity index (χ3n) is 2.07. The van der Waals surface area contributed by atoms with Crippen LogP contribution in [0.15, 0.2) is 18.2 Å². The minimum atomic E-state index is -3.85. The van der Waals surface area contributed by atoms with Gasteiger partial charge in [0.2, 0.25) is 10.0 Å². The normalized spacial score (nSPS) is 11.0. The zero-order chi connectivity index (χ0) is 13.9. The summed E-state index contributed by atoms with van der Waals surface area (Å²) in [6.07, 6.45) is 0. The highest BCUT2D eigenvalue weighted by molar-refractivity contribution is 7.88. The molecule has 0 bridgehead atoms. The van der Waals surface area contributed by atoms with E-state index in [-0.39, 0.29) is 16.8 Å². The summed E-state index contributed by atoms with van der Waals surface area (Å²) in [5.74, 6) is -1.47. The molecule has 0 saturated carbocycles. The molecule has 0 atom stereocenters. The van der Waals surface area contributed by atoms with E-state index in [1.165, 1.54) is 0 Å². The summed E-state index contributed by atoms with van der Waals surface area (Å²) in [5, 5.41) is 15.4. The van der Waals surface area contributed by atoms with Crippen molar-refractivity contribution in [1.82, 2.24) is 0 Å². The topological polar surface area (TPSA) is 130 Å². The number of non-ortho nitro benzene ring substituents is 1. The van der Waals surface area contributed by atoms with Gasteiger partial charge in [0.1, 0.15) is 0 Å². The van der Waals surface area contributed by atoms with Crippen molar-refractivity contribution in [2.45, 2.75) is 5.75 Å². The lowest BCUT2D eigenvalue weighted by molar-refractivity contribution is -0.384. The van der Waals surface area contributed by atoms with Crippen molar-refractivity contribution in [3.05, 3.63) is 39.4 Å². The van der Waals surface area contributed by atoms with Gasteiger partial charge in [0.05, 0.1) is 23.3 Å². The number of benzene rings is 1. The van der Waals surface area contributed by atoms with Crippen molar-refractivity contribution in [2.75, 3.05) is 7.11 Å². The van der Waals surface area contributed by atoms with Gasteiger partial charge in [0.15, 0.2) is 0 Å². The molecule has 0 aliphatic carbocycles. The van der Waals surface area contributed by atoms with Crippen LogP contribution in [0.5, 0.6) is 0 Å². The molecule has 0 aromatic heterocycles. The number of carbonyl (C=O) groups excluding carboxylic acids is 1. The number of hydrogen-bond acceptors (Lipinski definition) is 6. The molecule has 0 saturated heterocycles. The lowest BCUT2D eigenvalue weighted by atomic mass is 10.1. The molecule has 98 valence electrons. The van der Waals surface area contributed by atoms with Crippen LogP contribution in [0.4, 0.5) is 5.69 Å². The van der Waals surface area contributed by atoms with Crippen LogP contribution in [0.25, 0.3) is 0 Å². The van der Waals surface area contributed by atoms with Crippen molar-refractivity contribution in [2.24, 2.45) is 5.14 Å². The summed E-state index contributed by atoms with van der Waals surface area (Å²) in [6, 6.07) is 3.20. The summed E-state index contributed by atoms with van der Waals surface area (Å²) in [7, 11) is -2.77. The third kappa shape index (κ3) is 3.50. The number of esters is 1. The second kappa shape index (κ2) is 5.10. The molecule has 0 fully saturated rings. The summed E-state index contributed by atoms with van der Waals surface area (Å²) in [6.45, 7) is 0. The standard InChI is InChI=1S/C9H10N2O6S/c1-17-9(12)8-4-7(11(13)14)3-2-6(8)5-18(10,15)16/h2-4H,5H2,1H3,(H2,10,15,16). The Labute approximate surface area is 103 Å². The second-order valence-electron chi connectivity index (χ2n) is 3.40. The maximum absolute atomic E-state index is 11.4. The van der Waals surface area contributed by atoms with Crippen molar-refractivity contribution in [3.63, 3.8) is 0 Å². The van der Waals surface area contributed by atoms with Gasteiger partial charge in [-0.3, -0.25) is 10.1 Å². The highest BCUT2D eigenvalue weighted by Gasteiger charge is 2.19. The van der Waals surface area contributed by atoms with Crippen LogP contribution < -0.4 is 5.14 Å². The molecule has 9 heteroatoms. The van der Waals surface area contributed by atoms with E-state index in [4.69, 9.17) is 5.14 Å². The molecule has 0 heterocycles. The number of ether oxygens (including phenoxy) is 1. The van der Waals surface area contributed by atoms with Gasteiger partial charge in [0.25, 0.3) is 5.69 Å². The molecule has 0 aliphatic rings. The van der Waals surface area contributed by atoms with E-state index in [9.17, 15) is 23.3 Å². The number of sulfonamides is 1. The molecule has 0 amide bonds. The smallest absolute Gasteiger partial charge is 0.338 e. The minimum Gasteiger partial charge on any atom is -0.465 e.